The number of ether oxygens (including phenoxy) is 1. The molecule has 0 saturated heterocycles. The van der Waals surface area contributed by atoms with E-state index in [2.05, 4.69) is 10.6 Å². The molecular weight excluding hydrogens is 318 g/mol. The third-order valence-electron chi connectivity index (χ3n) is 3.53. The van der Waals surface area contributed by atoms with Crippen molar-refractivity contribution in [2.75, 3.05) is 31.5 Å². The maximum atomic E-state index is 12.3. The average molecular weight is 338 g/mol. The lowest BCUT2D eigenvalue weighted by Gasteiger charge is -2.29. The number of anilines is 1. The minimum Gasteiger partial charge on any atom is -0.463 e. The van der Waals surface area contributed by atoms with Crippen molar-refractivity contribution in [2.45, 2.75) is 13.0 Å². The lowest BCUT2D eigenvalue weighted by atomic mass is 9.95. The van der Waals surface area contributed by atoms with Crippen molar-refractivity contribution in [3.63, 3.8) is 0 Å². The van der Waals surface area contributed by atoms with Crippen molar-refractivity contribution in [1.82, 2.24) is 10.6 Å². The molecule has 1 aromatic rings. The Bertz CT molecular complexity index is 626. The van der Waals surface area contributed by atoms with Gasteiger partial charge in [0.2, 0.25) is 0 Å². The molecule has 0 bridgehead atoms. The van der Waals surface area contributed by atoms with Crippen molar-refractivity contribution in [1.29, 1.82) is 0 Å². The van der Waals surface area contributed by atoms with Crippen molar-refractivity contribution in [3.05, 3.63) is 41.1 Å². The van der Waals surface area contributed by atoms with E-state index in [-0.39, 0.29) is 12.5 Å². The number of rotatable bonds is 5. The maximum absolute atomic E-state index is 12.3. The first kappa shape index (κ1) is 17.1. The smallest absolute Gasteiger partial charge is 0.338 e. The summed E-state index contributed by atoms with van der Waals surface area (Å²) in [7, 11) is 3.88. The average Bonchev–Trinajstić information content (AvgIpc) is 2.54. The number of esters is 1. The van der Waals surface area contributed by atoms with Crippen molar-refractivity contribution in [3.8, 4) is 0 Å². The fourth-order valence-corrected chi connectivity index (χ4v) is 2.60. The van der Waals surface area contributed by atoms with Crippen LogP contribution in [0.25, 0.3) is 0 Å². The first-order valence-electron chi connectivity index (χ1n) is 7.28. The molecule has 0 spiro atoms. The third kappa shape index (κ3) is 3.76. The Morgan fingerprint density at radius 3 is 2.48 bits per heavy atom. The molecule has 6 nitrogen and oxygen atoms in total. The molecule has 2 N–H and O–H groups in total. The number of urea groups is 1. The number of alkyl halides is 1. The molecule has 124 valence electrons. The lowest BCUT2D eigenvalue weighted by Crippen LogP contribution is -2.46. The molecule has 1 atom stereocenters. The highest BCUT2D eigenvalue weighted by Crippen LogP contribution is 2.29. The maximum Gasteiger partial charge on any atom is 0.338 e. The number of halogens is 1. The van der Waals surface area contributed by atoms with Crippen LogP contribution in [0.1, 0.15) is 18.5 Å². The van der Waals surface area contributed by atoms with E-state index in [4.69, 9.17) is 16.3 Å². The molecule has 1 aliphatic rings. The van der Waals surface area contributed by atoms with Crippen LogP contribution in [0.2, 0.25) is 0 Å². The first-order valence-corrected chi connectivity index (χ1v) is 7.82. The van der Waals surface area contributed by atoms with Crippen LogP contribution in [-0.4, -0.2) is 38.6 Å². The number of carbonyl (C=O) groups excluding carboxylic acids is 2. The zero-order valence-electron chi connectivity index (χ0n) is 13.4. The molecule has 1 unspecified atom stereocenters. The minimum absolute atomic E-state index is 0.0217. The van der Waals surface area contributed by atoms with Gasteiger partial charge in [0, 0.05) is 25.5 Å². The summed E-state index contributed by atoms with van der Waals surface area (Å²) in [6.07, 6.45) is 0. The van der Waals surface area contributed by atoms with Crippen LogP contribution in [0, 0.1) is 0 Å². The second-order valence-corrected chi connectivity index (χ2v) is 5.53. The number of nitrogens with zero attached hydrogens (tertiary/aromatic N) is 1. The largest absolute Gasteiger partial charge is 0.463 e. The minimum atomic E-state index is -0.590. The number of allylic oxidation sites excluding steroid dienone is 1. The van der Waals surface area contributed by atoms with E-state index in [0.29, 0.717) is 11.3 Å². The van der Waals surface area contributed by atoms with Gasteiger partial charge < -0.3 is 20.3 Å². The Labute approximate surface area is 140 Å². The summed E-state index contributed by atoms with van der Waals surface area (Å²) in [6.45, 7) is 1.98. The van der Waals surface area contributed by atoms with Crippen LogP contribution in [0.15, 0.2) is 35.5 Å². The number of hydrogen-bond donors (Lipinski definition) is 2. The quantitative estimate of drug-likeness (QED) is 0.638. The van der Waals surface area contributed by atoms with E-state index in [0.717, 1.165) is 11.3 Å². The monoisotopic (exact) mass is 337 g/mol. The van der Waals surface area contributed by atoms with Gasteiger partial charge in [-0.25, -0.2) is 9.59 Å². The van der Waals surface area contributed by atoms with Gasteiger partial charge >= 0.3 is 12.0 Å². The van der Waals surface area contributed by atoms with Crippen LogP contribution in [0.5, 0.6) is 0 Å². The van der Waals surface area contributed by atoms with Gasteiger partial charge in [0.25, 0.3) is 0 Å². The van der Waals surface area contributed by atoms with Crippen LogP contribution < -0.4 is 15.5 Å². The number of nitrogens with one attached hydrogen (secondary N) is 2. The van der Waals surface area contributed by atoms with Gasteiger partial charge in [-0.3, -0.25) is 0 Å². The van der Waals surface area contributed by atoms with E-state index >= 15 is 0 Å². The fourth-order valence-electron chi connectivity index (χ4n) is 2.39. The summed E-state index contributed by atoms with van der Waals surface area (Å²) in [5, 5.41) is 5.33. The first-order chi connectivity index (χ1) is 11.0. The second kappa shape index (κ2) is 7.37. The Hall–Kier alpha value is -2.21. The van der Waals surface area contributed by atoms with Gasteiger partial charge in [0.1, 0.15) is 0 Å². The highest BCUT2D eigenvalue weighted by Gasteiger charge is 2.33. The molecule has 2 amide bonds. The predicted octanol–water partition coefficient (Wildman–Crippen LogP) is 2.16. The molecule has 1 aliphatic heterocycles. The van der Waals surface area contributed by atoms with E-state index in [1.54, 1.807) is 6.92 Å². The van der Waals surface area contributed by atoms with Gasteiger partial charge in [-0.2, -0.15) is 0 Å². The van der Waals surface area contributed by atoms with Crippen molar-refractivity contribution in [2.24, 2.45) is 0 Å². The van der Waals surface area contributed by atoms with E-state index in [1.807, 2.05) is 43.3 Å². The van der Waals surface area contributed by atoms with Crippen molar-refractivity contribution >= 4 is 29.3 Å². The standard InChI is InChI=1S/C16H20ClN3O3/c1-4-23-15(21)13-12(9-17)18-16(22)19-14(13)10-5-7-11(8-6-10)20(2)3/h5-8,14H,4,9H2,1-3H3,(H2,18,19,22). The highest BCUT2D eigenvalue weighted by molar-refractivity contribution is 6.20. The van der Waals surface area contributed by atoms with Gasteiger partial charge in [0.15, 0.2) is 0 Å². The molecule has 0 radical (unpaired) electrons. The molecule has 0 aromatic heterocycles. The number of hydrogen-bond acceptors (Lipinski definition) is 4. The SMILES string of the molecule is CCOC(=O)C1=C(CCl)NC(=O)NC1c1ccc(N(C)C)cc1. The summed E-state index contributed by atoms with van der Waals surface area (Å²) in [4.78, 5) is 26.1. The van der Waals surface area contributed by atoms with Gasteiger partial charge in [-0.05, 0) is 24.6 Å². The number of amides is 2. The Morgan fingerprint density at radius 2 is 1.96 bits per heavy atom. The highest BCUT2D eigenvalue weighted by atomic mass is 35.5. The van der Waals surface area contributed by atoms with E-state index in [1.165, 1.54) is 0 Å². The predicted molar refractivity (Wildman–Crippen MR) is 89.6 cm³/mol. The van der Waals surface area contributed by atoms with Crippen LogP contribution >= 0.6 is 11.6 Å². The van der Waals surface area contributed by atoms with Crippen LogP contribution in [-0.2, 0) is 9.53 Å². The summed E-state index contributed by atoms with van der Waals surface area (Å²) < 4.78 is 5.11. The van der Waals surface area contributed by atoms with Crippen LogP contribution in [0.4, 0.5) is 10.5 Å². The normalized spacial score (nSPS) is 17.4. The Balaban J connectivity index is 2.43. The van der Waals surface area contributed by atoms with Crippen molar-refractivity contribution < 1.29 is 14.3 Å². The molecule has 0 saturated carbocycles. The Kier molecular flexibility index (Phi) is 5.50. The van der Waals surface area contributed by atoms with E-state index < -0.39 is 18.0 Å². The zero-order valence-corrected chi connectivity index (χ0v) is 14.1. The van der Waals surface area contributed by atoms with Gasteiger partial charge in [-0.1, -0.05) is 12.1 Å². The van der Waals surface area contributed by atoms with Gasteiger partial charge in [0.05, 0.1) is 24.1 Å². The Morgan fingerprint density at radius 1 is 1.30 bits per heavy atom. The zero-order chi connectivity index (χ0) is 17.0. The molecule has 23 heavy (non-hydrogen) atoms. The third-order valence-corrected chi connectivity index (χ3v) is 3.79. The summed E-state index contributed by atoms with van der Waals surface area (Å²) >= 11 is 5.89. The number of carbonyl (C=O) groups is 2. The molecule has 1 aromatic carbocycles. The van der Waals surface area contributed by atoms with Gasteiger partial charge in [-0.15, -0.1) is 11.6 Å². The molecule has 1 heterocycles. The molecule has 0 fully saturated rings. The second-order valence-electron chi connectivity index (χ2n) is 5.26. The molecular formula is C16H20ClN3O3. The van der Waals surface area contributed by atoms with Crippen LogP contribution in [0.3, 0.4) is 0 Å². The molecule has 2 rings (SSSR count). The van der Waals surface area contributed by atoms with E-state index in [9.17, 15) is 9.59 Å². The number of benzene rings is 1. The fraction of sp³-hybridized carbons (Fsp3) is 0.375. The summed E-state index contributed by atoms with van der Waals surface area (Å²) in [5.74, 6) is -0.467. The molecule has 7 heteroatoms. The summed E-state index contributed by atoms with van der Waals surface area (Å²) in [6, 6.07) is 6.61. The lowest BCUT2D eigenvalue weighted by molar-refractivity contribution is -0.139. The topological polar surface area (TPSA) is 70.7 Å². The molecule has 0 aliphatic carbocycles. The summed E-state index contributed by atoms with van der Waals surface area (Å²) in [5.41, 5.74) is 2.51.